The van der Waals surface area contributed by atoms with Gasteiger partial charge in [0.15, 0.2) is 5.11 Å². The molecule has 1 aromatic heterocycles. The predicted molar refractivity (Wildman–Crippen MR) is 112 cm³/mol. The minimum Gasteiger partial charge on any atom is -0.467 e. The predicted octanol–water partition coefficient (Wildman–Crippen LogP) is 2.35. The van der Waals surface area contributed by atoms with Crippen molar-refractivity contribution in [3.63, 3.8) is 0 Å². The summed E-state index contributed by atoms with van der Waals surface area (Å²) in [5, 5.41) is 4.13. The van der Waals surface area contributed by atoms with E-state index in [1.165, 1.54) is 5.56 Å². The van der Waals surface area contributed by atoms with Crippen molar-refractivity contribution in [2.45, 2.75) is 26.3 Å². The van der Waals surface area contributed by atoms with Crippen LogP contribution in [0, 0.1) is 0 Å². The van der Waals surface area contributed by atoms with Gasteiger partial charge in [0.25, 0.3) is 0 Å². The number of hydrogen-bond donors (Lipinski definition) is 2. The van der Waals surface area contributed by atoms with E-state index in [0.717, 1.165) is 68.8 Å². The van der Waals surface area contributed by atoms with Gasteiger partial charge in [-0.05, 0) is 48.5 Å². The number of rotatable bonds is 8. The van der Waals surface area contributed by atoms with E-state index in [9.17, 15) is 0 Å². The molecule has 3 rings (SSSR count). The third-order valence-electron chi connectivity index (χ3n) is 4.99. The second-order valence-corrected chi connectivity index (χ2v) is 7.33. The van der Waals surface area contributed by atoms with Crippen LogP contribution in [0.2, 0.25) is 0 Å². The van der Waals surface area contributed by atoms with Crippen molar-refractivity contribution in [2.24, 2.45) is 0 Å². The molecule has 0 unspecified atom stereocenters. The van der Waals surface area contributed by atoms with Gasteiger partial charge < -0.3 is 24.3 Å². The van der Waals surface area contributed by atoms with Gasteiger partial charge in [-0.1, -0.05) is 19.1 Å². The van der Waals surface area contributed by atoms with E-state index in [-0.39, 0.29) is 0 Å². The fraction of sp³-hybridized carbons (Fsp3) is 0.476. The van der Waals surface area contributed by atoms with Crippen molar-refractivity contribution in [1.29, 1.82) is 0 Å². The Morgan fingerprint density at radius 3 is 2.63 bits per heavy atom. The Kier molecular flexibility index (Phi) is 7.68. The summed E-state index contributed by atoms with van der Waals surface area (Å²) in [6.07, 6.45) is 3.84. The molecule has 6 heteroatoms. The lowest BCUT2D eigenvalue weighted by atomic mass is 10.1. The Morgan fingerprint density at radius 1 is 1.19 bits per heavy atom. The van der Waals surface area contributed by atoms with Crippen LogP contribution in [0.25, 0.3) is 0 Å². The highest BCUT2D eigenvalue weighted by molar-refractivity contribution is 7.80. The maximum absolute atomic E-state index is 5.71. The van der Waals surface area contributed by atoms with Crippen molar-refractivity contribution in [1.82, 2.24) is 4.90 Å². The van der Waals surface area contributed by atoms with E-state index in [4.69, 9.17) is 21.4 Å². The summed E-state index contributed by atoms with van der Waals surface area (Å²) >= 11 is 5.71. The van der Waals surface area contributed by atoms with Gasteiger partial charge in [0, 0.05) is 18.7 Å². The first-order valence-electron chi connectivity index (χ1n) is 9.83. The highest BCUT2D eigenvalue weighted by Crippen LogP contribution is 2.13. The molecule has 1 aliphatic rings. The summed E-state index contributed by atoms with van der Waals surface area (Å²) < 4.78 is 11.0. The van der Waals surface area contributed by atoms with E-state index in [1.807, 2.05) is 12.1 Å². The Balaban J connectivity index is 1.56. The Hall–Kier alpha value is -1.89. The van der Waals surface area contributed by atoms with Gasteiger partial charge in [0.05, 0.1) is 32.6 Å². The van der Waals surface area contributed by atoms with E-state index in [2.05, 4.69) is 41.4 Å². The third-order valence-corrected chi connectivity index (χ3v) is 5.35. The minimum absolute atomic E-state index is 0.685. The van der Waals surface area contributed by atoms with Crippen LogP contribution in [-0.2, 0) is 17.7 Å². The SMILES string of the molecule is CCc1ccc(NC(=S)N(CCC[NH+]2CCOCC2)Cc2ccco2)cc1. The molecule has 0 spiro atoms. The number of furan rings is 1. The van der Waals surface area contributed by atoms with E-state index in [1.54, 1.807) is 11.2 Å². The van der Waals surface area contributed by atoms with Crippen molar-refractivity contribution >= 4 is 23.0 Å². The molecule has 0 radical (unpaired) electrons. The third kappa shape index (κ3) is 6.34. The van der Waals surface area contributed by atoms with Crippen LogP contribution in [-0.4, -0.2) is 49.4 Å². The molecule has 1 saturated heterocycles. The zero-order valence-corrected chi connectivity index (χ0v) is 16.9. The summed E-state index contributed by atoms with van der Waals surface area (Å²) in [5.74, 6) is 0.930. The molecule has 2 heterocycles. The zero-order chi connectivity index (χ0) is 18.9. The molecule has 0 saturated carbocycles. The van der Waals surface area contributed by atoms with Gasteiger partial charge in [-0.15, -0.1) is 0 Å². The molecule has 2 aromatic rings. The molecule has 0 aliphatic carbocycles. The first kappa shape index (κ1) is 19.9. The molecule has 1 fully saturated rings. The molecule has 2 N–H and O–H groups in total. The van der Waals surface area contributed by atoms with Crippen LogP contribution < -0.4 is 10.2 Å². The fourth-order valence-electron chi connectivity index (χ4n) is 3.30. The molecule has 5 nitrogen and oxygen atoms in total. The maximum Gasteiger partial charge on any atom is 0.173 e. The van der Waals surface area contributed by atoms with Crippen molar-refractivity contribution < 1.29 is 14.1 Å². The second-order valence-electron chi connectivity index (χ2n) is 6.95. The second kappa shape index (κ2) is 10.4. The number of hydrogen-bond acceptors (Lipinski definition) is 3. The van der Waals surface area contributed by atoms with Crippen molar-refractivity contribution in [2.75, 3.05) is 44.7 Å². The average molecular weight is 389 g/mol. The topological polar surface area (TPSA) is 42.1 Å². The van der Waals surface area contributed by atoms with E-state index >= 15 is 0 Å². The standard InChI is InChI=1S/C21H29N3O2S/c1-2-18-6-8-19(9-7-18)22-21(27)24(17-20-5-3-14-26-20)11-4-10-23-12-15-25-16-13-23/h3,5-9,14H,2,4,10-13,15-17H2,1H3,(H,22,27)/p+1. The quantitative estimate of drug-likeness (QED) is 0.680. The number of nitrogens with one attached hydrogen (secondary N) is 2. The fourth-order valence-corrected chi connectivity index (χ4v) is 3.57. The largest absolute Gasteiger partial charge is 0.467 e. The number of thiocarbonyl (C=S) groups is 1. The van der Waals surface area contributed by atoms with Crippen LogP contribution in [0.1, 0.15) is 24.7 Å². The molecular formula is C21H30N3O2S+. The molecule has 27 heavy (non-hydrogen) atoms. The lowest BCUT2D eigenvalue weighted by Crippen LogP contribution is -3.14. The number of morpholine rings is 1. The van der Waals surface area contributed by atoms with Crippen molar-refractivity contribution in [3.8, 4) is 0 Å². The normalized spacial score (nSPS) is 14.9. The smallest absolute Gasteiger partial charge is 0.173 e. The molecule has 0 bridgehead atoms. The summed E-state index contributed by atoms with van der Waals surface area (Å²) in [6.45, 7) is 8.85. The zero-order valence-electron chi connectivity index (χ0n) is 16.1. The number of aryl methyl sites for hydroxylation is 1. The Morgan fingerprint density at radius 2 is 1.96 bits per heavy atom. The van der Waals surface area contributed by atoms with Gasteiger partial charge in [0.2, 0.25) is 0 Å². The monoisotopic (exact) mass is 388 g/mol. The lowest BCUT2D eigenvalue weighted by Gasteiger charge is -2.27. The summed E-state index contributed by atoms with van der Waals surface area (Å²) in [4.78, 5) is 3.81. The molecular weight excluding hydrogens is 358 g/mol. The van der Waals surface area contributed by atoms with Gasteiger partial charge in [0.1, 0.15) is 18.8 Å². The average Bonchev–Trinajstić information content (AvgIpc) is 3.22. The number of nitrogens with zero attached hydrogens (tertiary/aromatic N) is 1. The van der Waals surface area contributed by atoms with Crippen LogP contribution in [0.3, 0.4) is 0 Å². The van der Waals surface area contributed by atoms with E-state index < -0.39 is 0 Å². The van der Waals surface area contributed by atoms with Crippen LogP contribution in [0.15, 0.2) is 47.1 Å². The Bertz CT molecular complexity index is 682. The number of ether oxygens (including phenoxy) is 1. The number of quaternary nitrogens is 1. The first-order valence-corrected chi connectivity index (χ1v) is 10.2. The van der Waals surface area contributed by atoms with E-state index in [0.29, 0.717) is 6.54 Å². The van der Waals surface area contributed by atoms with Gasteiger partial charge in [-0.2, -0.15) is 0 Å². The Labute approximate surface area is 167 Å². The highest BCUT2D eigenvalue weighted by Gasteiger charge is 2.16. The molecule has 1 aromatic carbocycles. The minimum atomic E-state index is 0.685. The van der Waals surface area contributed by atoms with Crippen molar-refractivity contribution in [3.05, 3.63) is 54.0 Å². The summed E-state index contributed by atoms with van der Waals surface area (Å²) in [7, 11) is 0. The van der Waals surface area contributed by atoms with Crippen LogP contribution in [0.5, 0.6) is 0 Å². The molecule has 0 amide bonds. The molecule has 0 atom stereocenters. The van der Waals surface area contributed by atoms with Crippen LogP contribution in [0.4, 0.5) is 5.69 Å². The van der Waals surface area contributed by atoms with Gasteiger partial charge in [-0.3, -0.25) is 0 Å². The highest BCUT2D eigenvalue weighted by atomic mass is 32.1. The number of anilines is 1. The lowest BCUT2D eigenvalue weighted by molar-refractivity contribution is -0.908. The van der Waals surface area contributed by atoms with Crippen LogP contribution >= 0.6 is 12.2 Å². The van der Waals surface area contributed by atoms with Gasteiger partial charge in [-0.25, -0.2) is 0 Å². The van der Waals surface area contributed by atoms with Gasteiger partial charge >= 0.3 is 0 Å². The maximum atomic E-state index is 5.71. The molecule has 146 valence electrons. The molecule has 1 aliphatic heterocycles. The first-order chi connectivity index (χ1) is 13.2. The number of benzene rings is 1. The summed E-state index contributed by atoms with van der Waals surface area (Å²) in [6, 6.07) is 12.4. The summed E-state index contributed by atoms with van der Waals surface area (Å²) in [5.41, 5.74) is 2.35.